The van der Waals surface area contributed by atoms with E-state index in [1.165, 1.54) is 4.90 Å². The Hall–Kier alpha value is -2.60. The Labute approximate surface area is 129 Å². The molecule has 1 aliphatic carbocycles. The number of hydrogen-bond donors (Lipinski definition) is 2. The number of nitrogens with zero attached hydrogens (tertiary/aromatic N) is 2. The monoisotopic (exact) mass is 300 g/mol. The lowest BCUT2D eigenvalue weighted by Gasteiger charge is -2.34. The summed E-state index contributed by atoms with van der Waals surface area (Å²) in [7, 11) is 3.25. The number of nitrogens with two attached hydrogens (primary N) is 2. The second-order valence-electron chi connectivity index (χ2n) is 5.47. The molecule has 6 nitrogen and oxygen atoms in total. The highest BCUT2D eigenvalue weighted by Gasteiger charge is 2.50. The molecule has 1 atom stereocenters. The zero-order chi connectivity index (χ0) is 16.3. The highest BCUT2D eigenvalue weighted by atomic mass is 16.6. The standard InChI is InChI=1S/C16H20N4O2/c1-19(2)16(20(21)22)11-14(17)13(10-15(16)18)9-8-12-6-4-3-5-7-12/h3-10H,11,17-18H2,1-2H3. The first-order chi connectivity index (χ1) is 10.4. The summed E-state index contributed by atoms with van der Waals surface area (Å²) in [5.41, 5.74) is 12.9. The summed E-state index contributed by atoms with van der Waals surface area (Å²) in [4.78, 5) is 12.6. The van der Waals surface area contributed by atoms with E-state index >= 15 is 0 Å². The lowest BCUT2D eigenvalue weighted by atomic mass is 9.90. The molecule has 1 aliphatic rings. The largest absolute Gasteiger partial charge is 0.401 e. The third kappa shape index (κ3) is 2.73. The Kier molecular flexibility index (Phi) is 4.32. The lowest BCUT2D eigenvalue weighted by molar-refractivity contribution is -0.586. The summed E-state index contributed by atoms with van der Waals surface area (Å²) in [6.45, 7) is 0. The van der Waals surface area contributed by atoms with Gasteiger partial charge in [-0.1, -0.05) is 42.5 Å². The van der Waals surface area contributed by atoms with E-state index in [1.54, 1.807) is 20.2 Å². The fraction of sp³-hybridized carbons (Fsp3) is 0.250. The van der Waals surface area contributed by atoms with Gasteiger partial charge in [0.25, 0.3) is 0 Å². The molecule has 116 valence electrons. The lowest BCUT2D eigenvalue weighted by Crippen LogP contribution is -2.56. The predicted molar refractivity (Wildman–Crippen MR) is 87.0 cm³/mol. The molecule has 0 radical (unpaired) electrons. The minimum atomic E-state index is -1.48. The van der Waals surface area contributed by atoms with Gasteiger partial charge in [0.2, 0.25) is 0 Å². The van der Waals surface area contributed by atoms with Crippen molar-refractivity contribution in [3.05, 3.63) is 75.1 Å². The highest BCUT2D eigenvalue weighted by Crippen LogP contribution is 2.33. The molecule has 22 heavy (non-hydrogen) atoms. The second kappa shape index (κ2) is 6.03. The van der Waals surface area contributed by atoms with Gasteiger partial charge in [-0.05, 0) is 31.3 Å². The quantitative estimate of drug-likeness (QED) is 0.501. The fourth-order valence-corrected chi connectivity index (χ4v) is 2.50. The Morgan fingerprint density at radius 2 is 1.86 bits per heavy atom. The van der Waals surface area contributed by atoms with Gasteiger partial charge in [0, 0.05) is 10.6 Å². The van der Waals surface area contributed by atoms with Crippen molar-refractivity contribution in [3.63, 3.8) is 0 Å². The third-order valence-electron chi connectivity index (χ3n) is 3.88. The summed E-state index contributed by atoms with van der Waals surface area (Å²) < 4.78 is 0. The summed E-state index contributed by atoms with van der Waals surface area (Å²) in [5, 5.41) is 11.5. The maximum Gasteiger partial charge on any atom is 0.322 e. The van der Waals surface area contributed by atoms with Crippen LogP contribution in [0.4, 0.5) is 0 Å². The first-order valence-corrected chi connectivity index (χ1v) is 6.89. The number of benzene rings is 1. The van der Waals surface area contributed by atoms with Gasteiger partial charge < -0.3 is 11.5 Å². The average Bonchev–Trinajstić information content (AvgIpc) is 2.48. The van der Waals surface area contributed by atoms with E-state index in [0.717, 1.165) is 5.56 Å². The number of nitro groups is 1. The van der Waals surface area contributed by atoms with E-state index in [9.17, 15) is 10.1 Å². The maximum absolute atomic E-state index is 11.5. The third-order valence-corrected chi connectivity index (χ3v) is 3.88. The minimum absolute atomic E-state index is 0.0593. The first-order valence-electron chi connectivity index (χ1n) is 6.89. The van der Waals surface area contributed by atoms with Crippen molar-refractivity contribution in [2.45, 2.75) is 12.1 Å². The molecule has 1 aromatic carbocycles. The van der Waals surface area contributed by atoms with Gasteiger partial charge in [0.15, 0.2) is 0 Å². The van der Waals surface area contributed by atoms with Gasteiger partial charge in [-0.3, -0.25) is 10.1 Å². The van der Waals surface area contributed by atoms with E-state index in [1.807, 2.05) is 42.5 Å². The van der Waals surface area contributed by atoms with Gasteiger partial charge in [-0.2, -0.15) is 0 Å². The highest BCUT2D eigenvalue weighted by molar-refractivity contribution is 5.57. The van der Waals surface area contributed by atoms with Crippen LogP contribution in [0.15, 0.2) is 59.5 Å². The van der Waals surface area contributed by atoms with Crippen LogP contribution in [0.25, 0.3) is 6.08 Å². The van der Waals surface area contributed by atoms with Crippen molar-refractivity contribution in [2.24, 2.45) is 11.5 Å². The SMILES string of the molecule is CN(C)C1([N+](=O)[O-])CC(N)=C(C=Cc2ccccc2)C=C1N. The van der Waals surface area contributed by atoms with Crippen LogP contribution < -0.4 is 11.5 Å². The van der Waals surface area contributed by atoms with E-state index < -0.39 is 5.66 Å². The molecule has 0 aliphatic heterocycles. The zero-order valence-electron chi connectivity index (χ0n) is 12.7. The molecule has 0 spiro atoms. The van der Waals surface area contributed by atoms with E-state index in [2.05, 4.69) is 0 Å². The summed E-state index contributed by atoms with van der Waals surface area (Å²) in [6, 6.07) is 9.74. The molecular weight excluding hydrogens is 280 g/mol. The van der Waals surface area contributed by atoms with Crippen LogP contribution >= 0.6 is 0 Å². The number of rotatable bonds is 4. The minimum Gasteiger partial charge on any atom is -0.401 e. The van der Waals surface area contributed by atoms with Crippen molar-refractivity contribution < 1.29 is 4.92 Å². The van der Waals surface area contributed by atoms with Gasteiger partial charge in [0.05, 0.1) is 6.42 Å². The van der Waals surface area contributed by atoms with Crippen molar-refractivity contribution in [3.8, 4) is 0 Å². The molecule has 4 N–H and O–H groups in total. The van der Waals surface area contributed by atoms with Crippen molar-refractivity contribution in [1.82, 2.24) is 4.90 Å². The molecule has 0 bridgehead atoms. The van der Waals surface area contributed by atoms with E-state index in [-0.39, 0.29) is 17.0 Å². The molecule has 0 saturated carbocycles. The van der Waals surface area contributed by atoms with Crippen LogP contribution in [-0.4, -0.2) is 29.6 Å². The van der Waals surface area contributed by atoms with Gasteiger partial charge in [-0.25, -0.2) is 4.90 Å². The van der Waals surface area contributed by atoms with Crippen molar-refractivity contribution in [1.29, 1.82) is 0 Å². The molecule has 1 unspecified atom stereocenters. The van der Waals surface area contributed by atoms with Crippen molar-refractivity contribution in [2.75, 3.05) is 14.1 Å². The zero-order valence-corrected chi connectivity index (χ0v) is 12.7. The van der Waals surface area contributed by atoms with Gasteiger partial charge in [0.1, 0.15) is 5.70 Å². The Morgan fingerprint density at radius 3 is 2.41 bits per heavy atom. The van der Waals surface area contributed by atoms with Crippen LogP contribution in [-0.2, 0) is 0 Å². The summed E-state index contributed by atoms with van der Waals surface area (Å²) in [6.07, 6.45) is 5.38. The van der Waals surface area contributed by atoms with E-state index in [0.29, 0.717) is 11.3 Å². The summed E-state index contributed by atoms with van der Waals surface area (Å²) in [5.74, 6) is 0. The molecule has 0 amide bonds. The Bertz CT molecular complexity index is 662. The molecule has 0 saturated heterocycles. The Balaban J connectivity index is 2.34. The topological polar surface area (TPSA) is 98.4 Å². The van der Waals surface area contributed by atoms with Crippen LogP contribution in [0.5, 0.6) is 0 Å². The number of allylic oxidation sites excluding steroid dienone is 3. The Morgan fingerprint density at radius 1 is 1.23 bits per heavy atom. The smallest absolute Gasteiger partial charge is 0.322 e. The average molecular weight is 300 g/mol. The van der Waals surface area contributed by atoms with Crippen molar-refractivity contribution >= 4 is 6.08 Å². The van der Waals surface area contributed by atoms with Crippen LogP contribution in [0.3, 0.4) is 0 Å². The molecule has 1 aromatic rings. The number of hydrogen-bond acceptors (Lipinski definition) is 5. The number of likely N-dealkylation sites (N-methyl/N-ethyl adjacent to an activating group) is 1. The second-order valence-corrected chi connectivity index (χ2v) is 5.47. The predicted octanol–water partition coefficient (Wildman–Crippen LogP) is 1.69. The normalized spacial score (nSPS) is 22.2. The molecular formula is C16H20N4O2. The first kappa shape index (κ1) is 15.8. The maximum atomic E-state index is 11.5. The molecule has 6 heteroatoms. The van der Waals surface area contributed by atoms with Gasteiger partial charge in [-0.15, -0.1) is 0 Å². The summed E-state index contributed by atoms with van der Waals surface area (Å²) >= 11 is 0. The van der Waals surface area contributed by atoms with Crippen LogP contribution in [0, 0.1) is 10.1 Å². The molecule has 0 aromatic heterocycles. The molecule has 2 rings (SSSR count). The molecule has 0 heterocycles. The van der Waals surface area contributed by atoms with E-state index in [4.69, 9.17) is 11.5 Å². The fourth-order valence-electron chi connectivity index (χ4n) is 2.50. The molecule has 0 fully saturated rings. The van der Waals surface area contributed by atoms with Gasteiger partial charge >= 0.3 is 5.66 Å². The van der Waals surface area contributed by atoms with Crippen LogP contribution in [0.2, 0.25) is 0 Å². The van der Waals surface area contributed by atoms with Crippen LogP contribution in [0.1, 0.15) is 12.0 Å².